The minimum atomic E-state index is -0.994. The molecule has 2 aromatic rings. The summed E-state index contributed by atoms with van der Waals surface area (Å²) in [5.41, 5.74) is 1.25. The van der Waals surface area contributed by atoms with Crippen LogP contribution in [0.1, 0.15) is 10.4 Å². The summed E-state index contributed by atoms with van der Waals surface area (Å²) in [7, 11) is 3.61. The number of hydrogen-bond acceptors (Lipinski definition) is 4. The molecular weight excluding hydrogens is 196 g/mol. The second-order valence-corrected chi connectivity index (χ2v) is 3.30. The second kappa shape index (κ2) is 3.23. The molecule has 1 aromatic heterocycles. The zero-order chi connectivity index (χ0) is 11.0. The average molecular weight is 206 g/mol. The number of hydrogen-bond donors (Lipinski definition) is 1. The maximum Gasteiger partial charge on any atom is 0.338 e. The summed E-state index contributed by atoms with van der Waals surface area (Å²) in [5, 5.41) is 18.4. The van der Waals surface area contributed by atoms with Crippen molar-refractivity contribution in [1.29, 1.82) is 0 Å². The van der Waals surface area contributed by atoms with Crippen molar-refractivity contribution in [2.24, 2.45) is 0 Å². The zero-order valence-corrected chi connectivity index (χ0v) is 8.38. The van der Waals surface area contributed by atoms with E-state index in [-0.39, 0.29) is 5.56 Å². The first-order chi connectivity index (χ1) is 7.11. The second-order valence-electron chi connectivity index (χ2n) is 3.30. The van der Waals surface area contributed by atoms with Gasteiger partial charge in [-0.2, -0.15) is 4.79 Å². The van der Waals surface area contributed by atoms with Crippen molar-refractivity contribution in [3.05, 3.63) is 23.8 Å². The average Bonchev–Trinajstić information content (AvgIpc) is 2.59. The highest BCUT2D eigenvalue weighted by atomic mass is 16.4. The lowest BCUT2D eigenvalue weighted by atomic mass is 10.2. The van der Waals surface area contributed by atoms with Crippen LogP contribution in [0.4, 0.5) is 0 Å². The van der Waals surface area contributed by atoms with Gasteiger partial charge in [-0.25, -0.2) is 4.79 Å². The van der Waals surface area contributed by atoms with E-state index in [1.54, 1.807) is 21.9 Å². The van der Waals surface area contributed by atoms with Gasteiger partial charge in [0.2, 0.25) is 0 Å². The summed E-state index contributed by atoms with van der Waals surface area (Å²) < 4.78 is 0. The molecule has 78 valence electrons. The number of benzene rings is 1. The Bertz CT molecular complexity index is 518. The Morgan fingerprint density at radius 1 is 1.47 bits per heavy atom. The summed E-state index contributed by atoms with van der Waals surface area (Å²) in [6.07, 6.45) is 0. The van der Waals surface area contributed by atoms with Crippen molar-refractivity contribution in [3.63, 3.8) is 0 Å². The molecule has 0 radical (unpaired) electrons. The highest BCUT2D eigenvalue weighted by Crippen LogP contribution is 2.15. The molecule has 0 atom stereocenters. The number of rotatable bonds is 2. The van der Waals surface area contributed by atoms with Crippen molar-refractivity contribution in [1.82, 2.24) is 15.1 Å². The molecule has 2 rings (SSSR count). The largest absolute Gasteiger partial charge is 0.478 e. The topological polar surface area (TPSA) is 71.2 Å². The number of carboxylic acid groups (broad SMARTS) is 1. The van der Waals surface area contributed by atoms with Gasteiger partial charge in [0.05, 0.1) is 5.56 Å². The third-order valence-corrected chi connectivity index (χ3v) is 2.07. The fourth-order valence-corrected chi connectivity index (χ4v) is 1.40. The lowest BCUT2D eigenvalue weighted by molar-refractivity contribution is 0.0699. The number of carboxylic acids is 1. The maximum atomic E-state index is 10.9. The minimum Gasteiger partial charge on any atom is -0.478 e. The van der Waals surface area contributed by atoms with E-state index in [1.807, 2.05) is 14.1 Å². The fraction of sp³-hybridized carbons (Fsp3) is 0.222. The third kappa shape index (κ3) is 1.39. The van der Waals surface area contributed by atoms with Crippen molar-refractivity contribution in [2.45, 2.75) is 0 Å². The monoisotopic (exact) mass is 206 g/mol. The van der Waals surface area contributed by atoms with E-state index in [4.69, 9.17) is 5.11 Å². The van der Waals surface area contributed by atoms with Crippen molar-refractivity contribution in [2.75, 3.05) is 19.1 Å². The lowest BCUT2D eigenvalue weighted by Gasteiger charge is -2.11. The Balaban J connectivity index is 2.74. The van der Waals surface area contributed by atoms with Crippen LogP contribution >= 0.6 is 0 Å². The Kier molecular flexibility index (Phi) is 2.03. The fourth-order valence-electron chi connectivity index (χ4n) is 1.40. The number of aromatic nitrogens is 3. The van der Waals surface area contributed by atoms with E-state index in [9.17, 15) is 4.79 Å². The van der Waals surface area contributed by atoms with Gasteiger partial charge in [-0.05, 0) is 17.3 Å². The summed E-state index contributed by atoms with van der Waals surface area (Å²) in [5.74, 6) is -0.994. The smallest absolute Gasteiger partial charge is 0.338 e. The Morgan fingerprint density at radius 2 is 2.20 bits per heavy atom. The zero-order valence-electron chi connectivity index (χ0n) is 8.38. The van der Waals surface area contributed by atoms with Crippen molar-refractivity contribution in [3.8, 4) is 0 Å². The van der Waals surface area contributed by atoms with Gasteiger partial charge in [-0.3, -0.25) is 0 Å². The number of nitrogens with zero attached hydrogens (tertiary/aromatic N) is 4. The predicted molar refractivity (Wildman–Crippen MR) is 54.6 cm³/mol. The van der Waals surface area contributed by atoms with Crippen LogP contribution in [0.5, 0.6) is 0 Å². The molecular formula is C9H10N4O2. The van der Waals surface area contributed by atoms with Gasteiger partial charge in [-0.1, -0.05) is 6.07 Å². The first-order valence-electron chi connectivity index (χ1n) is 4.36. The van der Waals surface area contributed by atoms with Crippen LogP contribution in [0, 0.1) is 0 Å². The van der Waals surface area contributed by atoms with Crippen molar-refractivity contribution >= 4 is 17.0 Å². The molecule has 0 aliphatic heterocycles. The summed E-state index contributed by atoms with van der Waals surface area (Å²) in [6.45, 7) is 0. The standard InChI is InChI=1S/C9H10N4O2/c1-12(2)13-7-5-3-4-6(9(14)15)8(7)10-11-13/h3-5H,1-2H3,(H,14,15). The Morgan fingerprint density at radius 3 is 2.80 bits per heavy atom. The first kappa shape index (κ1) is 9.45. The van der Waals surface area contributed by atoms with Crippen molar-refractivity contribution < 1.29 is 9.90 Å². The van der Waals surface area contributed by atoms with E-state index in [2.05, 4.69) is 10.3 Å². The molecule has 0 unspecified atom stereocenters. The summed E-state index contributed by atoms with van der Waals surface area (Å²) in [6, 6.07) is 4.97. The number of aromatic carboxylic acids is 1. The number of carbonyl (C=O) groups is 1. The van der Waals surface area contributed by atoms with Gasteiger partial charge in [0, 0.05) is 14.1 Å². The van der Waals surface area contributed by atoms with Gasteiger partial charge in [0.15, 0.2) is 0 Å². The van der Waals surface area contributed by atoms with Gasteiger partial charge < -0.3 is 10.1 Å². The van der Waals surface area contributed by atoms with Crippen LogP contribution in [0.15, 0.2) is 18.2 Å². The highest BCUT2D eigenvalue weighted by Gasteiger charge is 2.13. The van der Waals surface area contributed by atoms with Crippen LogP contribution in [0.25, 0.3) is 11.0 Å². The van der Waals surface area contributed by atoms with Crippen LogP contribution in [0.2, 0.25) is 0 Å². The van der Waals surface area contributed by atoms with Gasteiger partial charge >= 0.3 is 5.97 Å². The highest BCUT2D eigenvalue weighted by molar-refractivity contribution is 6.00. The molecule has 0 fully saturated rings. The summed E-state index contributed by atoms with van der Waals surface area (Å²) >= 11 is 0. The van der Waals surface area contributed by atoms with Crippen LogP contribution < -0.4 is 5.01 Å². The molecule has 0 saturated carbocycles. The van der Waals surface area contributed by atoms with Gasteiger partial charge in [-0.15, -0.1) is 5.10 Å². The van der Waals surface area contributed by atoms with Crippen LogP contribution in [-0.2, 0) is 0 Å². The first-order valence-corrected chi connectivity index (χ1v) is 4.36. The summed E-state index contributed by atoms with van der Waals surface area (Å²) in [4.78, 5) is 12.4. The van der Waals surface area contributed by atoms with E-state index in [0.717, 1.165) is 0 Å². The Hall–Kier alpha value is -2.11. The minimum absolute atomic E-state index is 0.167. The van der Waals surface area contributed by atoms with E-state index >= 15 is 0 Å². The van der Waals surface area contributed by atoms with Crippen LogP contribution in [-0.4, -0.2) is 40.3 Å². The molecule has 0 aliphatic carbocycles. The molecule has 0 bridgehead atoms. The molecule has 6 nitrogen and oxygen atoms in total. The lowest BCUT2D eigenvalue weighted by Crippen LogP contribution is -2.25. The van der Waals surface area contributed by atoms with E-state index < -0.39 is 5.97 Å². The SMILES string of the molecule is CN(C)n1nnc2c(C(=O)O)cccc21. The molecule has 0 aliphatic rings. The quantitative estimate of drug-likeness (QED) is 0.766. The van der Waals surface area contributed by atoms with Gasteiger partial charge in [0.1, 0.15) is 11.0 Å². The molecule has 1 N–H and O–H groups in total. The molecule has 1 heterocycles. The van der Waals surface area contributed by atoms with Gasteiger partial charge in [0.25, 0.3) is 0 Å². The molecule has 0 spiro atoms. The third-order valence-electron chi connectivity index (χ3n) is 2.07. The van der Waals surface area contributed by atoms with E-state index in [1.165, 1.54) is 6.07 Å². The normalized spacial score (nSPS) is 10.5. The van der Waals surface area contributed by atoms with E-state index in [0.29, 0.717) is 11.0 Å². The molecule has 0 saturated heterocycles. The maximum absolute atomic E-state index is 10.9. The predicted octanol–water partition coefficient (Wildman–Crippen LogP) is 0.327. The number of fused-ring (bicyclic) bond motifs is 1. The molecule has 6 heteroatoms. The molecule has 0 amide bonds. The van der Waals surface area contributed by atoms with Crippen LogP contribution in [0.3, 0.4) is 0 Å². The Labute approximate surface area is 85.7 Å². The molecule has 15 heavy (non-hydrogen) atoms. The molecule has 1 aromatic carbocycles.